The van der Waals surface area contributed by atoms with Gasteiger partial charge in [0.05, 0.1) is 6.61 Å². The summed E-state index contributed by atoms with van der Waals surface area (Å²) in [4.78, 5) is 4.43. The number of rotatable bonds is 4. The van der Waals surface area contributed by atoms with Gasteiger partial charge in [-0.05, 0) is 36.8 Å². The fourth-order valence-electron chi connectivity index (χ4n) is 1.95. The van der Waals surface area contributed by atoms with E-state index >= 15 is 0 Å². The van der Waals surface area contributed by atoms with Gasteiger partial charge in [-0.15, -0.1) is 0 Å². The molecule has 0 saturated carbocycles. The van der Waals surface area contributed by atoms with Crippen LogP contribution in [0, 0.1) is 6.92 Å². The van der Waals surface area contributed by atoms with E-state index in [-0.39, 0.29) is 0 Å². The van der Waals surface area contributed by atoms with Crippen molar-refractivity contribution < 1.29 is 4.74 Å². The van der Waals surface area contributed by atoms with Crippen LogP contribution < -0.4 is 4.74 Å². The zero-order chi connectivity index (χ0) is 13.1. The molecular formula is C15H15N3O. The molecule has 4 nitrogen and oxygen atoms in total. The number of aryl methyl sites for hydroxylation is 1. The highest BCUT2D eigenvalue weighted by Gasteiger charge is 2.03. The summed E-state index contributed by atoms with van der Waals surface area (Å²) in [7, 11) is 0. The zero-order valence-corrected chi connectivity index (χ0v) is 10.8. The van der Waals surface area contributed by atoms with Crippen LogP contribution in [0.25, 0.3) is 5.65 Å². The molecule has 0 fully saturated rings. The van der Waals surface area contributed by atoms with Gasteiger partial charge in [0.25, 0.3) is 0 Å². The molecule has 2 aromatic heterocycles. The number of fused-ring (bicyclic) bond motifs is 1. The molecule has 96 valence electrons. The summed E-state index contributed by atoms with van der Waals surface area (Å²) in [5.41, 5.74) is 2.07. The number of hydrogen-bond donors (Lipinski definition) is 0. The molecule has 0 spiro atoms. The maximum absolute atomic E-state index is 5.70. The van der Waals surface area contributed by atoms with Crippen molar-refractivity contribution in [2.24, 2.45) is 0 Å². The van der Waals surface area contributed by atoms with E-state index in [2.05, 4.69) is 23.1 Å². The summed E-state index contributed by atoms with van der Waals surface area (Å²) in [6.45, 7) is 2.64. The average molecular weight is 253 g/mol. The second kappa shape index (κ2) is 5.10. The molecule has 0 N–H and O–H groups in total. The van der Waals surface area contributed by atoms with Gasteiger partial charge in [0.2, 0.25) is 0 Å². The average Bonchev–Trinajstić information content (AvgIpc) is 2.81. The Bertz CT molecular complexity index is 657. The van der Waals surface area contributed by atoms with E-state index < -0.39 is 0 Å². The minimum Gasteiger partial charge on any atom is -0.493 e. The maximum Gasteiger partial charge on any atom is 0.155 e. The van der Waals surface area contributed by atoms with Crippen LogP contribution in [0.2, 0.25) is 0 Å². The maximum atomic E-state index is 5.70. The van der Waals surface area contributed by atoms with E-state index in [1.54, 1.807) is 4.52 Å². The van der Waals surface area contributed by atoms with Crippen LogP contribution in [0.1, 0.15) is 11.4 Å². The quantitative estimate of drug-likeness (QED) is 0.717. The van der Waals surface area contributed by atoms with E-state index in [1.165, 1.54) is 5.56 Å². The molecule has 0 saturated heterocycles. The van der Waals surface area contributed by atoms with Crippen molar-refractivity contribution in [1.29, 1.82) is 0 Å². The Balaban J connectivity index is 1.63. The summed E-state index contributed by atoms with van der Waals surface area (Å²) in [6, 6.07) is 13.9. The zero-order valence-electron chi connectivity index (χ0n) is 10.8. The van der Waals surface area contributed by atoms with E-state index in [0.717, 1.165) is 17.2 Å². The molecule has 0 atom stereocenters. The van der Waals surface area contributed by atoms with Gasteiger partial charge < -0.3 is 4.74 Å². The molecule has 4 heteroatoms. The van der Waals surface area contributed by atoms with E-state index in [0.29, 0.717) is 13.0 Å². The summed E-state index contributed by atoms with van der Waals surface area (Å²) in [5.74, 6) is 1.70. The number of aromatic nitrogens is 3. The van der Waals surface area contributed by atoms with Gasteiger partial charge in [-0.25, -0.2) is 9.50 Å². The third-order valence-electron chi connectivity index (χ3n) is 2.87. The van der Waals surface area contributed by atoms with Crippen LogP contribution in [0.5, 0.6) is 5.75 Å². The topological polar surface area (TPSA) is 39.4 Å². The van der Waals surface area contributed by atoms with Gasteiger partial charge in [-0.2, -0.15) is 5.10 Å². The smallest absolute Gasteiger partial charge is 0.155 e. The first kappa shape index (κ1) is 11.7. The number of ether oxygens (including phenoxy) is 1. The lowest BCUT2D eigenvalue weighted by atomic mass is 10.2. The van der Waals surface area contributed by atoms with Gasteiger partial charge in [0.15, 0.2) is 11.5 Å². The van der Waals surface area contributed by atoms with Gasteiger partial charge in [-0.1, -0.05) is 18.2 Å². The van der Waals surface area contributed by atoms with Crippen molar-refractivity contribution in [2.75, 3.05) is 6.61 Å². The normalized spacial score (nSPS) is 10.8. The number of hydrogen-bond acceptors (Lipinski definition) is 3. The Morgan fingerprint density at radius 3 is 2.95 bits per heavy atom. The molecule has 19 heavy (non-hydrogen) atoms. The Morgan fingerprint density at radius 2 is 2.11 bits per heavy atom. The van der Waals surface area contributed by atoms with Crippen molar-refractivity contribution in [2.45, 2.75) is 13.3 Å². The fourth-order valence-corrected chi connectivity index (χ4v) is 1.95. The first-order valence-electron chi connectivity index (χ1n) is 6.31. The first-order valence-corrected chi connectivity index (χ1v) is 6.31. The predicted molar refractivity (Wildman–Crippen MR) is 73.4 cm³/mol. The van der Waals surface area contributed by atoms with Crippen LogP contribution in [0.15, 0.2) is 48.7 Å². The molecule has 0 aliphatic rings. The van der Waals surface area contributed by atoms with Crippen molar-refractivity contribution in [3.8, 4) is 5.75 Å². The lowest BCUT2D eigenvalue weighted by molar-refractivity contribution is 0.319. The van der Waals surface area contributed by atoms with Crippen molar-refractivity contribution in [1.82, 2.24) is 14.6 Å². The molecule has 0 aliphatic heterocycles. The van der Waals surface area contributed by atoms with E-state index in [9.17, 15) is 0 Å². The molecule has 0 radical (unpaired) electrons. The van der Waals surface area contributed by atoms with Crippen LogP contribution >= 0.6 is 0 Å². The van der Waals surface area contributed by atoms with Crippen molar-refractivity contribution in [3.05, 3.63) is 60.0 Å². The molecule has 0 bridgehead atoms. The highest BCUT2D eigenvalue weighted by atomic mass is 16.5. The summed E-state index contributed by atoms with van der Waals surface area (Å²) >= 11 is 0. The minimum absolute atomic E-state index is 0.584. The van der Waals surface area contributed by atoms with Crippen molar-refractivity contribution >= 4 is 5.65 Å². The number of nitrogens with zero attached hydrogens (tertiary/aromatic N) is 3. The van der Waals surface area contributed by atoms with Crippen LogP contribution in [-0.2, 0) is 6.42 Å². The van der Waals surface area contributed by atoms with Crippen LogP contribution in [0.3, 0.4) is 0 Å². The molecule has 0 aliphatic carbocycles. The highest BCUT2D eigenvalue weighted by Crippen LogP contribution is 2.12. The summed E-state index contributed by atoms with van der Waals surface area (Å²) < 4.78 is 7.48. The largest absolute Gasteiger partial charge is 0.493 e. The SMILES string of the molecule is Cc1cccc(OCCc2nc3ccccn3n2)c1. The highest BCUT2D eigenvalue weighted by molar-refractivity contribution is 5.36. The second-order valence-corrected chi connectivity index (χ2v) is 4.45. The number of pyridine rings is 1. The standard InChI is InChI=1S/C15H15N3O/c1-12-5-4-6-13(11-12)19-10-8-14-16-15-7-2-3-9-18(15)17-14/h2-7,9,11H,8,10H2,1H3. The molecule has 0 amide bonds. The van der Waals surface area contributed by atoms with E-state index in [1.807, 2.05) is 42.6 Å². The van der Waals surface area contributed by atoms with Crippen LogP contribution in [0.4, 0.5) is 0 Å². The van der Waals surface area contributed by atoms with Crippen LogP contribution in [-0.4, -0.2) is 21.2 Å². The first-order chi connectivity index (χ1) is 9.31. The van der Waals surface area contributed by atoms with Gasteiger partial charge in [0, 0.05) is 12.6 Å². The van der Waals surface area contributed by atoms with Gasteiger partial charge in [0.1, 0.15) is 5.75 Å². The third kappa shape index (κ3) is 2.73. The second-order valence-electron chi connectivity index (χ2n) is 4.45. The lowest BCUT2D eigenvalue weighted by Gasteiger charge is -2.04. The van der Waals surface area contributed by atoms with Gasteiger partial charge >= 0.3 is 0 Å². The summed E-state index contributed by atoms with van der Waals surface area (Å²) in [5, 5.41) is 4.39. The monoisotopic (exact) mass is 253 g/mol. The minimum atomic E-state index is 0.584. The third-order valence-corrected chi connectivity index (χ3v) is 2.87. The lowest BCUT2D eigenvalue weighted by Crippen LogP contribution is -2.03. The van der Waals surface area contributed by atoms with E-state index in [4.69, 9.17) is 4.74 Å². The van der Waals surface area contributed by atoms with Crippen molar-refractivity contribution in [3.63, 3.8) is 0 Å². The Labute approximate surface area is 111 Å². The molecule has 1 aromatic carbocycles. The Hall–Kier alpha value is -2.36. The van der Waals surface area contributed by atoms with Gasteiger partial charge in [-0.3, -0.25) is 0 Å². The Morgan fingerprint density at radius 1 is 1.16 bits per heavy atom. The predicted octanol–water partition coefficient (Wildman–Crippen LogP) is 2.66. The Kier molecular flexibility index (Phi) is 3.14. The molecule has 3 rings (SSSR count). The number of benzene rings is 1. The molecule has 0 unspecified atom stereocenters. The summed E-state index contributed by atoms with van der Waals surface area (Å²) in [6.07, 6.45) is 2.60. The fraction of sp³-hybridized carbons (Fsp3) is 0.200. The molecule has 3 aromatic rings. The molecule has 2 heterocycles. The molecular weight excluding hydrogens is 238 g/mol.